The van der Waals surface area contributed by atoms with Crippen LogP contribution in [-0.2, 0) is 6.42 Å². The number of hydrogen-bond donors (Lipinski definition) is 1. The van der Waals surface area contributed by atoms with Crippen molar-refractivity contribution in [2.45, 2.75) is 25.4 Å². The van der Waals surface area contributed by atoms with Gasteiger partial charge >= 0.3 is 0 Å². The molecule has 0 saturated carbocycles. The number of rotatable bonds is 6. The predicted molar refractivity (Wildman–Crippen MR) is 136 cm³/mol. The summed E-state index contributed by atoms with van der Waals surface area (Å²) in [6.45, 7) is 2.17. The third kappa shape index (κ3) is 3.98. The van der Waals surface area contributed by atoms with E-state index in [1.54, 1.807) is 7.11 Å². The van der Waals surface area contributed by atoms with Gasteiger partial charge in [-0.15, -0.1) is 0 Å². The molecule has 2 aromatic carbocycles. The Kier molecular flexibility index (Phi) is 5.84. The first-order chi connectivity index (χ1) is 16.2. The minimum atomic E-state index is -0.0866. The summed E-state index contributed by atoms with van der Waals surface area (Å²) in [4.78, 5) is 6.87. The van der Waals surface area contributed by atoms with Crippen LogP contribution < -0.4 is 15.0 Å². The van der Waals surface area contributed by atoms with Gasteiger partial charge in [0.05, 0.1) is 18.8 Å². The zero-order valence-electron chi connectivity index (χ0n) is 18.7. The number of ether oxygens (including phenoxy) is 1. The number of aryl methyl sites for hydroxylation is 1. The van der Waals surface area contributed by atoms with E-state index in [0.717, 1.165) is 34.9 Å². The standard InChI is InChI=1S/C27H26N4OS/c1-3-19-9-11-21(12-10-19)31-26(25(29-27(31)33)23-7-4-5-17-28-23)24-8-6-18-30(24)20-13-15-22(32-2)16-14-20/h4-18,25-26H,3H2,1-2H3,(H,29,33)/t25-,26-/m0/s1. The number of pyridine rings is 1. The van der Waals surface area contributed by atoms with Crippen LogP contribution in [0.25, 0.3) is 5.69 Å². The van der Waals surface area contributed by atoms with E-state index in [2.05, 4.69) is 87.5 Å². The van der Waals surface area contributed by atoms with E-state index < -0.39 is 0 Å². The number of anilines is 1. The van der Waals surface area contributed by atoms with E-state index >= 15 is 0 Å². The van der Waals surface area contributed by atoms with Crippen LogP contribution in [-0.4, -0.2) is 21.8 Å². The number of methoxy groups -OCH3 is 1. The highest BCUT2D eigenvalue weighted by Gasteiger charge is 2.42. The van der Waals surface area contributed by atoms with Gasteiger partial charge in [-0.05, 0) is 84.9 Å². The number of thiocarbonyl (C=S) groups is 1. The summed E-state index contributed by atoms with van der Waals surface area (Å²) in [6, 6.07) is 26.8. The van der Waals surface area contributed by atoms with E-state index in [0.29, 0.717) is 5.11 Å². The topological polar surface area (TPSA) is 42.3 Å². The Hall–Kier alpha value is -3.64. The van der Waals surface area contributed by atoms with Gasteiger partial charge in [0.15, 0.2) is 5.11 Å². The minimum Gasteiger partial charge on any atom is -0.497 e. The number of hydrogen-bond acceptors (Lipinski definition) is 3. The molecule has 2 aromatic heterocycles. The zero-order valence-corrected chi connectivity index (χ0v) is 19.5. The highest BCUT2D eigenvalue weighted by atomic mass is 32.1. The molecule has 5 rings (SSSR count). The molecule has 0 unspecified atom stereocenters. The molecule has 1 aliphatic heterocycles. The molecule has 1 aliphatic rings. The SMILES string of the molecule is CCc1ccc(N2C(=S)N[C@@H](c3ccccn3)[C@@H]2c2cccn2-c2ccc(OC)cc2)cc1. The third-order valence-corrected chi connectivity index (χ3v) is 6.47. The van der Waals surface area contributed by atoms with Gasteiger partial charge in [-0.25, -0.2) is 0 Å². The fourth-order valence-electron chi connectivity index (χ4n) is 4.44. The van der Waals surface area contributed by atoms with E-state index in [4.69, 9.17) is 17.0 Å². The molecule has 4 aromatic rings. The molecule has 2 atom stereocenters. The molecule has 6 heteroatoms. The van der Waals surface area contributed by atoms with Crippen LogP contribution in [0.1, 0.15) is 36.0 Å². The first-order valence-electron chi connectivity index (χ1n) is 11.1. The molecular weight excluding hydrogens is 428 g/mol. The van der Waals surface area contributed by atoms with Crippen molar-refractivity contribution in [1.29, 1.82) is 0 Å². The van der Waals surface area contributed by atoms with Gasteiger partial charge in [0.2, 0.25) is 0 Å². The Balaban J connectivity index is 1.62. The van der Waals surface area contributed by atoms with Crippen molar-refractivity contribution in [3.05, 3.63) is 108 Å². The number of benzene rings is 2. The average molecular weight is 455 g/mol. The minimum absolute atomic E-state index is 0.0722. The molecule has 5 nitrogen and oxygen atoms in total. The first kappa shape index (κ1) is 21.2. The lowest BCUT2D eigenvalue weighted by Crippen LogP contribution is -2.30. The fourth-order valence-corrected chi connectivity index (χ4v) is 4.78. The van der Waals surface area contributed by atoms with Gasteiger partial charge in [0.25, 0.3) is 0 Å². The van der Waals surface area contributed by atoms with Crippen molar-refractivity contribution < 1.29 is 4.74 Å². The maximum atomic E-state index is 5.87. The summed E-state index contributed by atoms with van der Waals surface area (Å²) < 4.78 is 7.56. The average Bonchev–Trinajstić information content (AvgIpc) is 3.49. The first-order valence-corrected chi connectivity index (χ1v) is 11.5. The van der Waals surface area contributed by atoms with E-state index in [-0.39, 0.29) is 12.1 Å². The molecule has 1 N–H and O–H groups in total. The Morgan fingerprint density at radius 3 is 2.36 bits per heavy atom. The molecule has 3 heterocycles. The zero-order chi connectivity index (χ0) is 22.8. The van der Waals surface area contributed by atoms with Gasteiger partial charge in [0.1, 0.15) is 11.8 Å². The van der Waals surface area contributed by atoms with Gasteiger partial charge < -0.3 is 19.5 Å². The fraction of sp³-hybridized carbons (Fsp3) is 0.185. The normalized spacial score (nSPS) is 17.8. The number of aromatic nitrogens is 2. The second-order valence-electron chi connectivity index (χ2n) is 8.02. The quantitative estimate of drug-likeness (QED) is 0.383. The molecule has 33 heavy (non-hydrogen) atoms. The number of nitrogens with zero attached hydrogens (tertiary/aromatic N) is 3. The van der Waals surface area contributed by atoms with E-state index in [9.17, 15) is 0 Å². The van der Waals surface area contributed by atoms with Gasteiger partial charge in [0, 0.05) is 29.5 Å². The molecule has 0 radical (unpaired) electrons. The maximum Gasteiger partial charge on any atom is 0.174 e. The van der Waals surface area contributed by atoms with Crippen LogP contribution in [0, 0.1) is 0 Å². The predicted octanol–water partition coefficient (Wildman–Crippen LogP) is 5.62. The van der Waals surface area contributed by atoms with E-state index in [1.165, 1.54) is 5.56 Å². The second kappa shape index (κ2) is 9.08. The molecule has 0 bridgehead atoms. The summed E-state index contributed by atoms with van der Waals surface area (Å²) in [5.41, 5.74) is 5.52. The third-order valence-electron chi connectivity index (χ3n) is 6.15. The molecular formula is C27H26N4OS. The van der Waals surface area contributed by atoms with Crippen LogP contribution in [0.4, 0.5) is 5.69 Å². The van der Waals surface area contributed by atoms with Crippen LogP contribution in [0.15, 0.2) is 91.3 Å². The van der Waals surface area contributed by atoms with Crippen molar-refractivity contribution in [3.63, 3.8) is 0 Å². The lowest BCUT2D eigenvalue weighted by atomic mass is 10.0. The summed E-state index contributed by atoms with van der Waals surface area (Å²) in [6.07, 6.45) is 4.92. The monoisotopic (exact) mass is 454 g/mol. The van der Waals surface area contributed by atoms with Crippen LogP contribution in [0.3, 0.4) is 0 Å². The highest BCUT2D eigenvalue weighted by Crippen LogP contribution is 2.42. The van der Waals surface area contributed by atoms with Gasteiger partial charge in [-0.2, -0.15) is 0 Å². The summed E-state index contributed by atoms with van der Waals surface area (Å²) in [7, 11) is 1.68. The molecule has 0 aliphatic carbocycles. The molecule has 1 saturated heterocycles. The van der Waals surface area contributed by atoms with E-state index in [1.807, 2.05) is 30.5 Å². The van der Waals surface area contributed by atoms with Gasteiger partial charge in [-0.1, -0.05) is 25.1 Å². The summed E-state index contributed by atoms with van der Waals surface area (Å²) in [5.74, 6) is 0.833. The maximum absolute atomic E-state index is 5.87. The largest absolute Gasteiger partial charge is 0.497 e. The lowest BCUT2D eigenvalue weighted by molar-refractivity contribution is 0.414. The lowest BCUT2D eigenvalue weighted by Gasteiger charge is -2.29. The van der Waals surface area contributed by atoms with Crippen LogP contribution in [0.2, 0.25) is 0 Å². The summed E-state index contributed by atoms with van der Waals surface area (Å²) >= 11 is 5.87. The molecule has 166 valence electrons. The molecule has 0 amide bonds. The Morgan fingerprint density at radius 1 is 0.939 bits per heavy atom. The van der Waals surface area contributed by atoms with Gasteiger partial charge in [-0.3, -0.25) is 4.98 Å². The van der Waals surface area contributed by atoms with Crippen molar-refractivity contribution in [2.24, 2.45) is 0 Å². The number of nitrogens with one attached hydrogen (secondary N) is 1. The molecule has 1 fully saturated rings. The highest BCUT2D eigenvalue weighted by molar-refractivity contribution is 7.80. The Labute approximate surface area is 199 Å². The van der Waals surface area contributed by atoms with Crippen LogP contribution in [0.5, 0.6) is 5.75 Å². The smallest absolute Gasteiger partial charge is 0.174 e. The van der Waals surface area contributed by atoms with Crippen LogP contribution >= 0.6 is 12.2 Å². The second-order valence-corrected chi connectivity index (χ2v) is 8.40. The molecule has 0 spiro atoms. The Bertz CT molecular complexity index is 1240. The summed E-state index contributed by atoms with van der Waals surface area (Å²) in [5, 5.41) is 4.24. The van der Waals surface area contributed by atoms with Crippen molar-refractivity contribution >= 4 is 23.0 Å². The van der Waals surface area contributed by atoms with Crippen molar-refractivity contribution in [1.82, 2.24) is 14.9 Å². The van der Waals surface area contributed by atoms with Crippen molar-refractivity contribution in [2.75, 3.05) is 12.0 Å². The Morgan fingerprint density at radius 2 is 1.70 bits per heavy atom. The van der Waals surface area contributed by atoms with Crippen molar-refractivity contribution in [3.8, 4) is 11.4 Å².